The quantitative estimate of drug-likeness (QED) is 0.512. The molecule has 0 aliphatic rings. The number of carbonyl (C=O) groups excluding carboxylic acids is 1. The Morgan fingerprint density at radius 2 is 2.05 bits per heavy atom. The largest absolute Gasteiger partial charge is 0.414 e. The molecule has 0 aromatic heterocycles. The average Bonchev–Trinajstić information content (AvgIpc) is 2.35. The van der Waals surface area contributed by atoms with E-state index in [1.807, 2.05) is 0 Å². The lowest BCUT2D eigenvalue weighted by Gasteiger charge is -2.06. The molecule has 0 unspecified atom stereocenters. The summed E-state index contributed by atoms with van der Waals surface area (Å²) in [7, 11) is 0. The number of hydrogen-bond donors (Lipinski definition) is 1. The Morgan fingerprint density at radius 3 is 2.65 bits per heavy atom. The predicted molar refractivity (Wildman–Crippen MR) is 62.3 cm³/mol. The van der Waals surface area contributed by atoms with Crippen LogP contribution in [0.4, 0.5) is 18.9 Å². The SMILES string of the molecule is O=C(/C=C/c1ccccc1[N+](=O)[O-])NOCC(F)(F)F. The molecule has 0 aliphatic carbocycles. The van der Waals surface area contributed by atoms with Gasteiger partial charge < -0.3 is 0 Å². The average molecular weight is 290 g/mol. The van der Waals surface area contributed by atoms with Gasteiger partial charge in [0.25, 0.3) is 11.6 Å². The van der Waals surface area contributed by atoms with Crippen molar-refractivity contribution >= 4 is 17.7 Å². The van der Waals surface area contributed by atoms with Crippen LogP contribution in [-0.2, 0) is 9.63 Å². The van der Waals surface area contributed by atoms with Crippen molar-refractivity contribution in [2.75, 3.05) is 6.61 Å². The zero-order valence-electron chi connectivity index (χ0n) is 9.89. The second kappa shape index (κ2) is 6.66. The summed E-state index contributed by atoms with van der Waals surface area (Å²) in [6, 6.07) is 5.59. The summed E-state index contributed by atoms with van der Waals surface area (Å²) in [4.78, 5) is 25.1. The van der Waals surface area contributed by atoms with E-state index >= 15 is 0 Å². The first-order valence-corrected chi connectivity index (χ1v) is 5.19. The van der Waals surface area contributed by atoms with Gasteiger partial charge in [-0.2, -0.15) is 13.2 Å². The van der Waals surface area contributed by atoms with Gasteiger partial charge in [-0.1, -0.05) is 12.1 Å². The minimum Gasteiger partial charge on any atom is -0.268 e. The maximum atomic E-state index is 11.7. The minimum atomic E-state index is -4.56. The van der Waals surface area contributed by atoms with Gasteiger partial charge >= 0.3 is 6.18 Å². The number of amides is 1. The third kappa shape index (κ3) is 5.48. The summed E-state index contributed by atoms with van der Waals surface area (Å²) in [6.07, 6.45) is -2.63. The fourth-order valence-electron chi connectivity index (χ4n) is 1.18. The number of benzene rings is 1. The molecule has 0 spiro atoms. The van der Waals surface area contributed by atoms with E-state index in [1.165, 1.54) is 24.3 Å². The lowest BCUT2D eigenvalue weighted by Crippen LogP contribution is -2.28. The molecule has 0 heterocycles. The van der Waals surface area contributed by atoms with E-state index in [0.717, 1.165) is 12.2 Å². The number of rotatable bonds is 5. The molecule has 108 valence electrons. The predicted octanol–water partition coefficient (Wildman–Crippen LogP) is 2.22. The van der Waals surface area contributed by atoms with E-state index < -0.39 is 23.6 Å². The van der Waals surface area contributed by atoms with Crippen LogP contribution in [0.1, 0.15) is 5.56 Å². The van der Waals surface area contributed by atoms with E-state index in [4.69, 9.17) is 0 Å². The highest BCUT2D eigenvalue weighted by atomic mass is 19.4. The molecule has 6 nitrogen and oxygen atoms in total. The molecule has 9 heteroatoms. The summed E-state index contributed by atoms with van der Waals surface area (Å²) < 4.78 is 35.2. The molecular formula is C11H9F3N2O4. The Morgan fingerprint density at radius 1 is 1.40 bits per heavy atom. The molecule has 0 saturated carbocycles. The van der Waals surface area contributed by atoms with Crippen molar-refractivity contribution in [2.24, 2.45) is 0 Å². The maximum absolute atomic E-state index is 11.7. The third-order valence-electron chi connectivity index (χ3n) is 1.96. The van der Waals surface area contributed by atoms with Gasteiger partial charge in [0, 0.05) is 12.1 Å². The molecule has 1 aromatic rings. The number of nitro benzene ring substituents is 1. The second-order valence-corrected chi connectivity index (χ2v) is 3.52. The highest BCUT2D eigenvalue weighted by molar-refractivity contribution is 5.91. The Labute approximate surface area is 110 Å². The number of nitro groups is 1. The summed E-state index contributed by atoms with van der Waals surface area (Å²) in [6.45, 7) is -1.63. The van der Waals surface area contributed by atoms with Crippen molar-refractivity contribution in [2.45, 2.75) is 6.18 Å². The summed E-state index contributed by atoms with van der Waals surface area (Å²) in [5.74, 6) is -0.965. The number of para-hydroxylation sites is 1. The molecule has 0 bridgehead atoms. The third-order valence-corrected chi connectivity index (χ3v) is 1.96. The molecule has 1 aromatic carbocycles. The maximum Gasteiger partial charge on any atom is 0.414 e. The zero-order valence-corrected chi connectivity index (χ0v) is 9.89. The van der Waals surface area contributed by atoms with Crippen LogP contribution >= 0.6 is 0 Å². The second-order valence-electron chi connectivity index (χ2n) is 3.52. The molecule has 1 amide bonds. The van der Waals surface area contributed by atoms with Crippen LogP contribution < -0.4 is 5.48 Å². The number of hydrogen-bond acceptors (Lipinski definition) is 4. The Balaban J connectivity index is 2.60. The topological polar surface area (TPSA) is 81.5 Å². The fraction of sp³-hybridized carbons (Fsp3) is 0.182. The van der Waals surface area contributed by atoms with Crippen molar-refractivity contribution < 1.29 is 27.7 Å². The molecular weight excluding hydrogens is 281 g/mol. The molecule has 20 heavy (non-hydrogen) atoms. The number of halogens is 3. The van der Waals surface area contributed by atoms with Crippen LogP contribution in [0.3, 0.4) is 0 Å². The van der Waals surface area contributed by atoms with Crippen LogP contribution in [0.5, 0.6) is 0 Å². The van der Waals surface area contributed by atoms with Gasteiger partial charge in [0.1, 0.15) is 0 Å². The Bertz CT molecular complexity index is 529. The first kappa shape index (κ1) is 15.6. The summed E-state index contributed by atoms with van der Waals surface area (Å²) in [5.41, 5.74) is 1.46. The van der Waals surface area contributed by atoms with Gasteiger partial charge in [-0.3, -0.25) is 19.7 Å². The fourth-order valence-corrected chi connectivity index (χ4v) is 1.18. The van der Waals surface area contributed by atoms with Gasteiger partial charge in [0.15, 0.2) is 6.61 Å². The minimum absolute atomic E-state index is 0.142. The molecule has 1 N–H and O–H groups in total. The van der Waals surface area contributed by atoms with Gasteiger partial charge in [0.2, 0.25) is 0 Å². The van der Waals surface area contributed by atoms with E-state index in [-0.39, 0.29) is 11.3 Å². The van der Waals surface area contributed by atoms with E-state index in [0.29, 0.717) is 0 Å². The summed E-state index contributed by atoms with van der Waals surface area (Å²) in [5, 5.41) is 10.7. The van der Waals surface area contributed by atoms with Crippen molar-refractivity contribution in [3.63, 3.8) is 0 Å². The van der Waals surface area contributed by atoms with Gasteiger partial charge in [-0.05, 0) is 12.1 Å². The highest BCUT2D eigenvalue weighted by Crippen LogP contribution is 2.18. The standard InChI is InChI=1S/C11H9F3N2O4/c12-11(13,14)7-20-15-10(17)6-5-8-3-1-2-4-9(8)16(18)19/h1-6H,7H2,(H,15,17)/b6-5+. The normalized spacial score (nSPS) is 11.6. The van der Waals surface area contributed by atoms with Crippen molar-refractivity contribution in [3.8, 4) is 0 Å². The lowest BCUT2D eigenvalue weighted by atomic mass is 10.1. The van der Waals surface area contributed by atoms with Gasteiger partial charge in [-0.15, -0.1) is 0 Å². The highest BCUT2D eigenvalue weighted by Gasteiger charge is 2.28. The Hall–Kier alpha value is -2.42. The first-order chi connectivity index (χ1) is 9.29. The molecule has 0 fully saturated rings. The number of alkyl halides is 3. The van der Waals surface area contributed by atoms with Crippen LogP contribution in [0.25, 0.3) is 6.08 Å². The van der Waals surface area contributed by atoms with E-state index in [1.54, 1.807) is 5.48 Å². The number of hydroxylamine groups is 1. The molecule has 0 saturated heterocycles. The number of carbonyl (C=O) groups is 1. The van der Waals surface area contributed by atoms with Crippen LogP contribution in [-0.4, -0.2) is 23.6 Å². The zero-order chi connectivity index (χ0) is 15.2. The molecule has 0 atom stereocenters. The van der Waals surface area contributed by atoms with Crippen molar-refractivity contribution in [1.29, 1.82) is 0 Å². The molecule has 0 radical (unpaired) electrons. The van der Waals surface area contributed by atoms with Gasteiger partial charge in [-0.25, -0.2) is 5.48 Å². The smallest absolute Gasteiger partial charge is 0.268 e. The number of nitrogens with one attached hydrogen (secondary N) is 1. The van der Waals surface area contributed by atoms with Crippen molar-refractivity contribution in [1.82, 2.24) is 5.48 Å². The van der Waals surface area contributed by atoms with Crippen LogP contribution in [0.15, 0.2) is 30.3 Å². The molecule has 1 rings (SSSR count). The first-order valence-electron chi connectivity index (χ1n) is 5.19. The monoisotopic (exact) mass is 290 g/mol. The van der Waals surface area contributed by atoms with Crippen LogP contribution in [0, 0.1) is 10.1 Å². The lowest BCUT2D eigenvalue weighted by molar-refractivity contribution is -0.385. The van der Waals surface area contributed by atoms with E-state index in [9.17, 15) is 28.1 Å². The molecule has 0 aliphatic heterocycles. The number of nitrogens with zero attached hydrogens (tertiary/aromatic N) is 1. The van der Waals surface area contributed by atoms with E-state index in [2.05, 4.69) is 4.84 Å². The van der Waals surface area contributed by atoms with Gasteiger partial charge in [0.05, 0.1) is 10.5 Å². The summed E-state index contributed by atoms with van der Waals surface area (Å²) >= 11 is 0. The van der Waals surface area contributed by atoms with Crippen LogP contribution in [0.2, 0.25) is 0 Å². The Kier molecular flexibility index (Phi) is 5.21. The van der Waals surface area contributed by atoms with Crippen molar-refractivity contribution in [3.05, 3.63) is 46.0 Å².